The van der Waals surface area contributed by atoms with Crippen molar-refractivity contribution in [1.29, 1.82) is 0 Å². The van der Waals surface area contributed by atoms with E-state index in [1.54, 1.807) is 74.5 Å². The fraction of sp³-hybridized carbons (Fsp3) is 0.179. The van der Waals surface area contributed by atoms with E-state index in [-0.39, 0.29) is 31.6 Å². The molecule has 214 valence electrons. The van der Waals surface area contributed by atoms with Crippen molar-refractivity contribution in [3.8, 4) is 0 Å². The smallest absolute Gasteiger partial charge is 0.283 e. The van der Waals surface area contributed by atoms with E-state index in [0.29, 0.717) is 35.1 Å². The molecule has 0 saturated heterocycles. The number of aliphatic imine (C=N–C) groups is 1. The highest BCUT2D eigenvalue weighted by molar-refractivity contribution is 8.14. The highest BCUT2D eigenvalue weighted by Crippen LogP contribution is 2.37. The van der Waals surface area contributed by atoms with Crippen molar-refractivity contribution in [3.05, 3.63) is 93.1 Å². The van der Waals surface area contributed by atoms with Gasteiger partial charge in [0.15, 0.2) is 5.17 Å². The number of amides is 2. The van der Waals surface area contributed by atoms with Crippen LogP contribution in [0.2, 0.25) is 15.1 Å². The Bertz CT molecular complexity index is 1640. The van der Waals surface area contributed by atoms with Crippen LogP contribution in [0.25, 0.3) is 6.08 Å². The van der Waals surface area contributed by atoms with Gasteiger partial charge in [-0.15, -0.1) is 0 Å². The van der Waals surface area contributed by atoms with Gasteiger partial charge >= 0.3 is 0 Å². The molecule has 0 fully saturated rings. The van der Waals surface area contributed by atoms with Crippen LogP contribution in [0.1, 0.15) is 19.4 Å². The van der Waals surface area contributed by atoms with Crippen LogP contribution >= 0.6 is 46.6 Å². The minimum atomic E-state index is -3.69. The zero-order chi connectivity index (χ0) is 29.7. The molecule has 1 aliphatic heterocycles. The van der Waals surface area contributed by atoms with Crippen LogP contribution in [0, 0.1) is 0 Å². The predicted molar refractivity (Wildman–Crippen MR) is 168 cm³/mol. The Morgan fingerprint density at radius 1 is 1.02 bits per heavy atom. The molecule has 0 spiro atoms. The molecular formula is C28H25Cl3N4O4S2. The number of halogens is 3. The lowest BCUT2D eigenvalue weighted by Gasteiger charge is -2.20. The van der Waals surface area contributed by atoms with Crippen LogP contribution in [0.4, 0.5) is 11.4 Å². The minimum Gasteiger partial charge on any atom is -0.325 e. The maximum atomic E-state index is 13.5. The van der Waals surface area contributed by atoms with Crippen LogP contribution in [-0.2, 0) is 19.6 Å². The molecule has 0 saturated carbocycles. The Morgan fingerprint density at radius 3 is 2.39 bits per heavy atom. The first-order chi connectivity index (χ1) is 19.5. The molecule has 0 bridgehead atoms. The second-order valence-corrected chi connectivity index (χ2v) is 12.7. The fourth-order valence-corrected chi connectivity index (χ4v) is 6.78. The Hall–Kier alpha value is -2.86. The second kappa shape index (κ2) is 13.4. The molecule has 0 aliphatic carbocycles. The summed E-state index contributed by atoms with van der Waals surface area (Å²) in [6.45, 7) is 4.18. The molecular weight excluding hydrogens is 627 g/mol. The zero-order valence-corrected chi connectivity index (χ0v) is 25.9. The number of amidine groups is 1. The number of anilines is 2. The van der Waals surface area contributed by atoms with Crippen molar-refractivity contribution in [1.82, 2.24) is 4.31 Å². The largest absolute Gasteiger partial charge is 0.325 e. The summed E-state index contributed by atoms with van der Waals surface area (Å²) < 4.78 is 27.1. The summed E-state index contributed by atoms with van der Waals surface area (Å²) in [5.74, 6) is -0.988. The number of benzene rings is 3. The number of hydrogen-bond acceptors (Lipinski definition) is 6. The van der Waals surface area contributed by atoms with E-state index in [1.807, 2.05) is 0 Å². The van der Waals surface area contributed by atoms with E-state index in [4.69, 9.17) is 34.8 Å². The van der Waals surface area contributed by atoms with Crippen molar-refractivity contribution < 1.29 is 18.0 Å². The number of nitrogens with one attached hydrogen (secondary N) is 1. The summed E-state index contributed by atoms with van der Waals surface area (Å²) in [5.41, 5.74) is 1.50. The maximum absolute atomic E-state index is 13.5. The predicted octanol–water partition coefficient (Wildman–Crippen LogP) is 6.79. The maximum Gasteiger partial charge on any atom is 0.283 e. The standard InChI is InChI=1S/C28H25Cl3N4O4S2/c1-3-34(4-2)41(38,39)21-8-5-7-20(16-21)32-25(36)17-40-28-33-23(15-18-11-13-19(29)14-12-18)27(37)35(28)24-10-6-9-22(30)26(24)31/h5-16H,3-4,17H2,1-2H3,(H,32,36)/b23-15-. The first-order valence-electron chi connectivity index (χ1n) is 12.4. The highest BCUT2D eigenvalue weighted by Gasteiger charge is 2.34. The zero-order valence-electron chi connectivity index (χ0n) is 22.0. The molecule has 13 heteroatoms. The van der Waals surface area contributed by atoms with Gasteiger partial charge in [-0.1, -0.05) is 84.7 Å². The summed E-state index contributed by atoms with van der Waals surface area (Å²) in [6.07, 6.45) is 1.61. The summed E-state index contributed by atoms with van der Waals surface area (Å²) in [4.78, 5) is 32.3. The molecule has 0 atom stereocenters. The average molecular weight is 652 g/mol. The Kier molecular flexibility index (Phi) is 10.2. The molecule has 4 rings (SSSR count). The van der Waals surface area contributed by atoms with Crippen LogP contribution in [-0.4, -0.2) is 48.5 Å². The number of thioether (sulfide) groups is 1. The Labute approximate surface area is 258 Å². The van der Waals surface area contributed by atoms with Crippen molar-refractivity contribution >= 4 is 91.0 Å². The fourth-order valence-electron chi connectivity index (χ4n) is 3.96. The lowest BCUT2D eigenvalue weighted by molar-refractivity contribution is -0.114. The van der Waals surface area contributed by atoms with E-state index >= 15 is 0 Å². The van der Waals surface area contributed by atoms with Gasteiger partial charge in [0.25, 0.3) is 5.91 Å². The van der Waals surface area contributed by atoms with Gasteiger partial charge in [0.2, 0.25) is 15.9 Å². The van der Waals surface area contributed by atoms with Gasteiger partial charge in [-0.3, -0.25) is 14.5 Å². The van der Waals surface area contributed by atoms with Gasteiger partial charge in [-0.05, 0) is 54.1 Å². The summed E-state index contributed by atoms with van der Waals surface area (Å²) in [5, 5.41) is 3.93. The van der Waals surface area contributed by atoms with Crippen molar-refractivity contribution in [2.24, 2.45) is 4.99 Å². The van der Waals surface area contributed by atoms with Gasteiger partial charge in [0, 0.05) is 23.8 Å². The first kappa shape index (κ1) is 31.1. The van der Waals surface area contributed by atoms with Crippen molar-refractivity contribution in [2.75, 3.05) is 29.1 Å². The number of carbonyl (C=O) groups excluding carboxylic acids is 2. The molecule has 41 heavy (non-hydrogen) atoms. The molecule has 3 aromatic rings. The quantitative estimate of drug-likeness (QED) is 0.257. The third-order valence-corrected chi connectivity index (χ3v) is 10.0. The highest BCUT2D eigenvalue weighted by atomic mass is 35.5. The molecule has 1 heterocycles. The van der Waals surface area contributed by atoms with Gasteiger partial charge in [0.1, 0.15) is 5.70 Å². The van der Waals surface area contributed by atoms with Gasteiger partial charge in [-0.2, -0.15) is 4.31 Å². The lowest BCUT2D eigenvalue weighted by atomic mass is 10.2. The van der Waals surface area contributed by atoms with Crippen LogP contribution in [0.3, 0.4) is 0 Å². The second-order valence-electron chi connectivity index (χ2n) is 8.64. The Balaban J connectivity index is 1.56. The lowest BCUT2D eigenvalue weighted by Crippen LogP contribution is -2.31. The molecule has 1 N–H and O–H groups in total. The number of carbonyl (C=O) groups is 2. The van der Waals surface area contributed by atoms with Crippen LogP contribution in [0.5, 0.6) is 0 Å². The van der Waals surface area contributed by atoms with Crippen LogP contribution < -0.4 is 10.2 Å². The average Bonchev–Trinajstić information content (AvgIpc) is 3.25. The molecule has 0 aromatic heterocycles. The molecule has 0 unspecified atom stereocenters. The number of nitrogens with zero attached hydrogens (tertiary/aromatic N) is 3. The molecule has 0 radical (unpaired) electrons. The summed E-state index contributed by atoms with van der Waals surface area (Å²) in [7, 11) is -3.69. The van der Waals surface area contributed by atoms with E-state index in [0.717, 1.165) is 11.8 Å². The normalized spacial score (nSPS) is 14.6. The third-order valence-electron chi connectivity index (χ3n) is 5.97. The first-order valence-corrected chi connectivity index (χ1v) is 16.0. The van der Waals surface area contributed by atoms with Gasteiger partial charge < -0.3 is 5.32 Å². The van der Waals surface area contributed by atoms with E-state index in [9.17, 15) is 18.0 Å². The molecule has 3 aromatic carbocycles. The SMILES string of the molecule is CCN(CC)S(=O)(=O)c1cccc(NC(=O)CSC2=N/C(=C\c3ccc(Cl)cc3)C(=O)N2c2cccc(Cl)c2Cl)c1. The van der Waals surface area contributed by atoms with E-state index in [2.05, 4.69) is 10.3 Å². The molecule has 2 amide bonds. The van der Waals surface area contributed by atoms with E-state index < -0.39 is 21.8 Å². The summed E-state index contributed by atoms with van der Waals surface area (Å²) >= 11 is 19.7. The van der Waals surface area contributed by atoms with Gasteiger partial charge in [0.05, 0.1) is 26.4 Å². The topological polar surface area (TPSA) is 99.1 Å². The molecule has 1 aliphatic rings. The summed E-state index contributed by atoms with van der Waals surface area (Å²) in [6, 6.07) is 17.9. The number of hydrogen-bond donors (Lipinski definition) is 1. The van der Waals surface area contributed by atoms with E-state index in [1.165, 1.54) is 21.3 Å². The minimum absolute atomic E-state index is 0.0798. The number of rotatable bonds is 9. The third kappa shape index (κ3) is 7.14. The Morgan fingerprint density at radius 2 is 1.71 bits per heavy atom. The monoisotopic (exact) mass is 650 g/mol. The van der Waals surface area contributed by atoms with Crippen LogP contribution in [0.15, 0.2) is 82.3 Å². The van der Waals surface area contributed by atoms with Crippen molar-refractivity contribution in [2.45, 2.75) is 18.7 Å². The van der Waals surface area contributed by atoms with Gasteiger partial charge in [-0.25, -0.2) is 13.4 Å². The number of sulfonamides is 1. The van der Waals surface area contributed by atoms with Crippen molar-refractivity contribution in [3.63, 3.8) is 0 Å². The molecule has 8 nitrogen and oxygen atoms in total.